The average Bonchev–Trinajstić information content (AvgIpc) is 2.30. The summed E-state index contributed by atoms with van der Waals surface area (Å²) in [6.45, 7) is 0. The lowest BCUT2D eigenvalue weighted by Gasteiger charge is -1.94. The smallest absolute Gasteiger partial charge is 0.0406 e. The lowest BCUT2D eigenvalue weighted by Crippen LogP contribution is -1.77. The highest BCUT2D eigenvalue weighted by Crippen LogP contribution is 2.12. The Morgan fingerprint density at radius 3 is 2.25 bits per heavy atom. The summed E-state index contributed by atoms with van der Waals surface area (Å²) >= 11 is 10.1. The number of rotatable bonds is 0. The molecule has 0 aliphatic carbocycles. The Labute approximate surface area is 106 Å². The first-order valence-corrected chi connectivity index (χ1v) is 5.64. The van der Waals surface area contributed by atoms with Crippen molar-refractivity contribution in [1.82, 2.24) is 0 Å². The van der Waals surface area contributed by atoms with Crippen LogP contribution in [0.15, 0.2) is 53.4 Å². The molecular weight excluding hydrogens is 236 g/mol. The predicted molar refractivity (Wildman–Crippen MR) is 71.1 cm³/mol. The van der Waals surface area contributed by atoms with E-state index in [0.717, 1.165) is 21.0 Å². The van der Waals surface area contributed by atoms with Crippen molar-refractivity contribution < 1.29 is 0 Å². The Bertz CT molecular complexity index is 547. The molecule has 16 heavy (non-hydrogen) atoms. The average molecular weight is 245 g/mol. The molecule has 0 aliphatic heterocycles. The van der Waals surface area contributed by atoms with Crippen LogP contribution in [0.5, 0.6) is 0 Å². The van der Waals surface area contributed by atoms with Crippen LogP contribution >= 0.6 is 24.2 Å². The summed E-state index contributed by atoms with van der Waals surface area (Å²) in [6.07, 6.45) is 0. The fraction of sp³-hybridized carbons (Fsp3) is 0. The molecule has 78 valence electrons. The number of hydrogen-bond acceptors (Lipinski definition) is 1. The van der Waals surface area contributed by atoms with Crippen molar-refractivity contribution in [1.29, 1.82) is 0 Å². The lowest BCUT2D eigenvalue weighted by atomic mass is 10.2. The Hall–Kier alpha value is -1.36. The van der Waals surface area contributed by atoms with E-state index in [2.05, 4.69) is 24.5 Å². The Morgan fingerprint density at radius 2 is 1.56 bits per heavy atom. The molecule has 0 amide bonds. The van der Waals surface area contributed by atoms with Gasteiger partial charge in [-0.2, -0.15) is 0 Å². The summed E-state index contributed by atoms with van der Waals surface area (Å²) < 4.78 is 0. The molecule has 0 aliphatic rings. The lowest BCUT2D eigenvalue weighted by molar-refractivity contribution is 1.43. The molecule has 2 heteroatoms. The standard InChI is InChI=1S/C14H9ClS/c15-13-9-6-11(7-10-13)5-8-12-3-1-2-4-14(12)16/h1-4,6-7,9-10,16H. The first-order chi connectivity index (χ1) is 7.75. The maximum absolute atomic E-state index is 5.79. The Morgan fingerprint density at radius 1 is 0.875 bits per heavy atom. The van der Waals surface area contributed by atoms with Crippen LogP contribution in [0.25, 0.3) is 0 Å². The molecule has 0 saturated heterocycles. The van der Waals surface area contributed by atoms with Crippen LogP contribution in [0, 0.1) is 11.8 Å². The fourth-order valence-corrected chi connectivity index (χ4v) is 1.59. The van der Waals surface area contributed by atoms with E-state index in [4.69, 9.17) is 11.6 Å². The summed E-state index contributed by atoms with van der Waals surface area (Å²) in [4.78, 5) is 0.893. The zero-order valence-corrected chi connectivity index (χ0v) is 10.1. The normalized spacial score (nSPS) is 9.38. The van der Waals surface area contributed by atoms with Gasteiger partial charge in [-0.3, -0.25) is 0 Å². The van der Waals surface area contributed by atoms with Gasteiger partial charge in [-0.15, -0.1) is 12.6 Å². The molecule has 0 heterocycles. The summed E-state index contributed by atoms with van der Waals surface area (Å²) in [5.74, 6) is 6.15. The summed E-state index contributed by atoms with van der Waals surface area (Å²) in [5.41, 5.74) is 1.88. The van der Waals surface area contributed by atoms with Gasteiger partial charge >= 0.3 is 0 Å². The van der Waals surface area contributed by atoms with Crippen molar-refractivity contribution in [3.8, 4) is 11.8 Å². The highest BCUT2D eigenvalue weighted by Gasteiger charge is 1.92. The minimum absolute atomic E-state index is 0.722. The molecular formula is C14H9ClS. The monoisotopic (exact) mass is 244 g/mol. The molecule has 0 saturated carbocycles. The largest absolute Gasteiger partial charge is 0.142 e. The van der Waals surface area contributed by atoms with E-state index < -0.39 is 0 Å². The number of halogens is 1. The maximum Gasteiger partial charge on any atom is 0.0406 e. The van der Waals surface area contributed by atoms with E-state index >= 15 is 0 Å². The molecule has 0 nitrogen and oxygen atoms in total. The predicted octanol–water partition coefficient (Wildman–Crippen LogP) is 4.03. The molecule has 0 bridgehead atoms. The molecule has 0 N–H and O–H groups in total. The van der Waals surface area contributed by atoms with Crippen LogP contribution in [0.4, 0.5) is 0 Å². The van der Waals surface area contributed by atoms with Gasteiger partial charge in [-0.25, -0.2) is 0 Å². The topological polar surface area (TPSA) is 0 Å². The highest BCUT2D eigenvalue weighted by atomic mass is 35.5. The van der Waals surface area contributed by atoms with E-state index in [0.29, 0.717) is 0 Å². The van der Waals surface area contributed by atoms with Gasteiger partial charge in [-0.1, -0.05) is 35.6 Å². The van der Waals surface area contributed by atoms with Crippen LogP contribution < -0.4 is 0 Å². The third-order valence-corrected chi connectivity index (χ3v) is 2.73. The second-order valence-corrected chi connectivity index (χ2v) is 4.19. The maximum atomic E-state index is 5.79. The van der Waals surface area contributed by atoms with Gasteiger partial charge in [-0.05, 0) is 36.4 Å². The summed E-state index contributed by atoms with van der Waals surface area (Å²) in [5, 5.41) is 0.722. The number of thiol groups is 1. The third kappa shape index (κ3) is 2.82. The summed E-state index contributed by atoms with van der Waals surface area (Å²) in [7, 11) is 0. The van der Waals surface area contributed by atoms with E-state index in [9.17, 15) is 0 Å². The Balaban J connectivity index is 2.29. The SMILES string of the molecule is Sc1ccccc1C#Cc1ccc(Cl)cc1. The zero-order valence-electron chi connectivity index (χ0n) is 8.44. The molecule has 0 fully saturated rings. The minimum Gasteiger partial charge on any atom is -0.142 e. The third-order valence-electron chi connectivity index (χ3n) is 2.09. The van der Waals surface area contributed by atoms with Crippen molar-refractivity contribution in [3.63, 3.8) is 0 Å². The molecule has 0 aromatic heterocycles. The van der Waals surface area contributed by atoms with E-state index in [1.807, 2.05) is 48.5 Å². The summed E-state index contributed by atoms with van der Waals surface area (Å²) in [6, 6.07) is 15.2. The minimum atomic E-state index is 0.722. The van der Waals surface area contributed by atoms with Crippen LogP contribution in [-0.2, 0) is 0 Å². The van der Waals surface area contributed by atoms with Crippen molar-refractivity contribution in [2.75, 3.05) is 0 Å². The molecule has 0 atom stereocenters. The van der Waals surface area contributed by atoms with Crippen molar-refractivity contribution in [2.24, 2.45) is 0 Å². The van der Waals surface area contributed by atoms with Gasteiger partial charge in [0, 0.05) is 21.0 Å². The van der Waals surface area contributed by atoms with E-state index in [1.54, 1.807) is 0 Å². The molecule has 0 radical (unpaired) electrons. The molecule has 0 unspecified atom stereocenters. The van der Waals surface area contributed by atoms with Gasteiger partial charge in [0.25, 0.3) is 0 Å². The van der Waals surface area contributed by atoms with Crippen LogP contribution in [0.1, 0.15) is 11.1 Å². The van der Waals surface area contributed by atoms with Crippen molar-refractivity contribution >= 4 is 24.2 Å². The second kappa shape index (κ2) is 5.12. The van der Waals surface area contributed by atoms with Gasteiger partial charge in [0.1, 0.15) is 0 Å². The van der Waals surface area contributed by atoms with E-state index in [1.165, 1.54) is 0 Å². The van der Waals surface area contributed by atoms with Crippen molar-refractivity contribution in [3.05, 3.63) is 64.7 Å². The molecule has 2 aromatic carbocycles. The van der Waals surface area contributed by atoms with Crippen molar-refractivity contribution in [2.45, 2.75) is 4.90 Å². The van der Waals surface area contributed by atoms with Gasteiger partial charge in [0.15, 0.2) is 0 Å². The van der Waals surface area contributed by atoms with E-state index in [-0.39, 0.29) is 0 Å². The molecule has 2 aromatic rings. The van der Waals surface area contributed by atoms with Gasteiger partial charge in [0.05, 0.1) is 0 Å². The van der Waals surface area contributed by atoms with Crippen LogP contribution in [0.2, 0.25) is 5.02 Å². The van der Waals surface area contributed by atoms with Crippen LogP contribution in [0.3, 0.4) is 0 Å². The number of benzene rings is 2. The molecule has 2 rings (SSSR count). The second-order valence-electron chi connectivity index (χ2n) is 3.27. The van der Waals surface area contributed by atoms with Gasteiger partial charge < -0.3 is 0 Å². The Kier molecular flexibility index (Phi) is 3.56. The highest BCUT2D eigenvalue weighted by molar-refractivity contribution is 7.80. The molecule has 0 spiro atoms. The zero-order chi connectivity index (χ0) is 11.4. The first-order valence-electron chi connectivity index (χ1n) is 4.81. The number of hydrogen-bond donors (Lipinski definition) is 1. The first kappa shape index (κ1) is 11.1. The van der Waals surface area contributed by atoms with Gasteiger partial charge in [0.2, 0.25) is 0 Å². The quantitative estimate of drug-likeness (QED) is 0.525. The van der Waals surface area contributed by atoms with Crippen LogP contribution in [-0.4, -0.2) is 0 Å². The fourth-order valence-electron chi connectivity index (χ4n) is 1.25.